The Morgan fingerprint density at radius 1 is 1.25 bits per heavy atom. The van der Waals surface area contributed by atoms with Gasteiger partial charge in [0.05, 0.1) is 5.56 Å². The van der Waals surface area contributed by atoms with E-state index in [0.29, 0.717) is 18.2 Å². The van der Waals surface area contributed by atoms with E-state index in [1.807, 2.05) is 35.9 Å². The van der Waals surface area contributed by atoms with Crippen molar-refractivity contribution in [3.63, 3.8) is 0 Å². The second-order valence-electron chi connectivity index (χ2n) is 7.40. The van der Waals surface area contributed by atoms with Gasteiger partial charge in [0.2, 0.25) is 0 Å². The Morgan fingerprint density at radius 3 is 2.61 bits per heavy atom. The van der Waals surface area contributed by atoms with Crippen molar-refractivity contribution >= 4 is 17.2 Å². The zero-order chi connectivity index (χ0) is 20.3. The smallest absolute Gasteiger partial charge is 0.253 e. The summed E-state index contributed by atoms with van der Waals surface area (Å²) in [6.07, 6.45) is 1.78. The molecular formula is C22H28N4OS. The molecule has 2 aromatic heterocycles. The fourth-order valence-electron chi connectivity index (χ4n) is 3.22. The average molecular weight is 397 g/mol. The van der Waals surface area contributed by atoms with Gasteiger partial charge in [-0.15, -0.1) is 11.3 Å². The number of aromatic nitrogens is 2. The van der Waals surface area contributed by atoms with E-state index in [0.717, 1.165) is 28.6 Å². The minimum atomic E-state index is -0.0528. The molecule has 0 saturated heterocycles. The number of aryl methyl sites for hydroxylation is 1. The van der Waals surface area contributed by atoms with Crippen LogP contribution < -0.4 is 5.32 Å². The summed E-state index contributed by atoms with van der Waals surface area (Å²) in [5, 5.41) is 5.93. The third-order valence-corrected chi connectivity index (χ3v) is 5.90. The van der Waals surface area contributed by atoms with Crippen LogP contribution in [0.15, 0.2) is 41.9 Å². The number of rotatable bonds is 7. The number of benzene rings is 1. The minimum Gasteiger partial charge on any atom is -0.348 e. The van der Waals surface area contributed by atoms with E-state index in [1.54, 1.807) is 17.5 Å². The summed E-state index contributed by atoms with van der Waals surface area (Å²) in [6.45, 7) is 9.71. The molecule has 0 aliphatic rings. The van der Waals surface area contributed by atoms with E-state index in [2.05, 4.69) is 54.3 Å². The fourth-order valence-corrected chi connectivity index (χ4v) is 3.97. The van der Waals surface area contributed by atoms with E-state index in [4.69, 9.17) is 0 Å². The molecule has 6 heteroatoms. The van der Waals surface area contributed by atoms with Crippen molar-refractivity contribution in [2.75, 3.05) is 7.05 Å². The molecule has 1 amide bonds. The lowest BCUT2D eigenvalue weighted by Crippen LogP contribution is -2.28. The van der Waals surface area contributed by atoms with Gasteiger partial charge in [-0.2, -0.15) is 0 Å². The number of hydrogen-bond donors (Lipinski definition) is 1. The Kier molecular flexibility index (Phi) is 6.31. The summed E-state index contributed by atoms with van der Waals surface area (Å²) in [4.78, 5) is 19.5. The van der Waals surface area contributed by atoms with Crippen LogP contribution in [0.2, 0.25) is 0 Å². The van der Waals surface area contributed by atoms with E-state index in [-0.39, 0.29) is 5.91 Å². The second-order valence-corrected chi connectivity index (χ2v) is 8.27. The molecule has 0 bridgehead atoms. The molecule has 3 rings (SSSR count). The highest BCUT2D eigenvalue weighted by Crippen LogP contribution is 2.22. The van der Waals surface area contributed by atoms with Crippen LogP contribution in [0.4, 0.5) is 0 Å². The van der Waals surface area contributed by atoms with Gasteiger partial charge in [-0.3, -0.25) is 14.3 Å². The topological polar surface area (TPSA) is 50.2 Å². The molecule has 0 fully saturated rings. The standard InChI is InChI=1S/C22H28N4OS/c1-15(2)25(5)14-19-9-7-6-8-18(19)13-24-21(27)20-12-16(3)26(17(20)4)22-23-10-11-28-22/h6-12,15H,13-14H2,1-5H3,(H,24,27). The summed E-state index contributed by atoms with van der Waals surface area (Å²) in [5.74, 6) is -0.0528. The Bertz CT molecular complexity index is 944. The maximum atomic E-state index is 12.9. The molecule has 1 N–H and O–H groups in total. The molecule has 28 heavy (non-hydrogen) atoms. The van der Waals surface area contributed by atoms with Crippen molar-refractivity contribution in [1.82, 2.24) is 19.8 Å². The van der Waals surface area contributed by atoms with Crippen LogP contribution in [0, 0.1) is 13.8 Å². The SMILES string of the molecule is Cc1cc(C(=O)NCc2ccccc2CN(C)C(C)C)c(C)n1-c1nccs1. The van der Waals surface area contributed by atoms with Crippen LogP contribution in [0.25, 0.3) is 5.13 Å². The van der Waals surface area contributed by atoms with Crippen LogP contribution >= 0.6 is 11.3 Å². The number of nitrogens with zero attached hydrogens (tertiary/aromatic N) is 3. The van der Waals surface area contributed by atoms with Crippen LogP contribution in [-0.4, -0.2) is 33.4 Å². The predicted octanol–water partition coefficient (Wildman–Crippen LogP) is 4.32. The van der Waals surface area contributed by atoms with Gasteiger partial charge in [0, 0.05) is 42.1 Å². The Morgan fingerprint density at radius 2 is 1.96 bits per heavy atom. The number of thiazole rings is 1. The van der Waals surface area contributed by atoms with Crippen molar-refractivity contribution in [2.24, 2.45) is 0 Å². The zero-order valence-corrected chi connectivity index (χ0v) is 18.0. The lowest BCUT2D eigenvalue weighted by Gasteiger charge is -2.22. The van der Waals surface area contributed by atoms with E-state index < -0.39 is 0 Å². The Balaban J connectivity index is 1.75. The minimum absolute atomic E-state index is 0.0528. The number of hydrogen-bond acceptors (Lipinski definition) is 4. The highest BCUT2D eigenvalue weighted by molar-refractivity contribution is 7.12. The van der Waals surface area contributed by atoms with Gasteiger partial charge in [0.25, 0.3) is 5.91 Å². The molecule has 0 spiro atoms. The maximum Gasteiger partial charge on any atom is 0.253 e. The lowest BCUT2D eigenvalue weighted by molar-refractivity contribution is 0.0950. The first-order valence-electron chi connectivity index (χ1n) is 9.52. The number of carbonyl (C=O) groups excluding carboxylic acids is 1. The largest absolute Gasteiger partial charge is 0.348 e. The fraction of sp³-hybridized carbons (Fsp3) is 0.364. The quantitative estimate of drug-likeness (QED) is 0.647. The summed E-state index contributed by atoms with van der Waals surface area (Å²) in [6, 6.07) is 10.7. The molecule has 1 aromatic carbocycles. The van der Waals surface area contributed by atoms with Crippen molar-refractivity contribution in [2.45, 2.75) is 46.8 Å². The number of nitrogens with one attached hydrogen (secondary N) is 1. The highest BCUT2D eigenvalue weighted by atomic mass is 32.1. The van der Waals surface area contributed by atoms with Crippen molar-refractivity contribution in [1.29, 1.82) is 0 Å². The third-order valence-electron chi connectivity index (χ3n) is 5.15. The van der Waals surface area contributed by atoms with Crippen molar-refractivity contribution < 1.29 is 4.79 Å². The van der Waals surface area contributed by atoms with Gasteiger partial charge in [0.15, 0.2) is 5.13 Å². The summed E-state index contributed by atoms with van der Waals surface area (Å²) in [5.41, 5.74) is 5.02. The lowest BCUT2D eigenvalue weighted by atomic mass is 10.1. The predicted molar refractivity (Wildman–Crippen MR) is 115 cm³/mol. The van der Waals surface area contributed by atoms with Crippen LogP contribution in [0.1, 0.15) is 46.7 Å². The maximum absolute atomic E-state index is 12.9. The summed E-state index contributed by atoms with van der Waals surface area (Å²) < 4.78 is 2.03. The van der Waals surface area contributed by atoms with Crippen molar-refractivity contribution in [3.8, 4) is 5.13 Å². The molecule has 0 aliphatic carbocycles. The highest BCUT2D eigenvalue weighted by Gasteiger charge is 2.18. The van der Waals surface area contributed by atoms with Gasteiger partial charge in [-0.1, -0.05) is 24.3 Å². The number of carbonyl (C=O) groups is 1. The summed E-state index contributed by atoms with van der Waals surface area (Å²) >= 11 is 1.56. The first kappa shape index (κ1) is 20.3. The van der Waals surface area contributed by atoms with Gasteiger partial charge in [-0.25, -0.2) is 4.98 Å². The van der Waals surface area contributed by atoms with E-state index >= 15 is 0 Å². The number of amides is 1. The first-order chi connectivity index (χ1) is 13.4. The Labute approximate surface area is 171 Å². The van der Waals surface area contributed by atoms with Gasteiger partial charge in [0.1, 0.15) is 0 Å². The van der Waals surface area contributed by atoms with Gasteiger partial charge >= 0.3 is 0 Å². The molecule has 0 unspecified atom stereocenters. The second kappa shape index (κ2) is 8.71. The molecule has 0 aliphatic heterocycles. The molecule has 3 aromatic rings. The summed E-state index contributed by atoms with van der Waals surface area (Å²) in [7, 11) is 2.12. The molecule has 5 nitrogen and oxygen atoms in total. The normalized spacial score (nSPS) is 11.4. The molecular weight excluding hydrogens is 368 g/mol. The average Bonchev–Trinajstić information content (AvgIpc) is 3.28. The molecule has 148 valence electrons. The molecule has 0 radical (unpaired) electrons. The van der Waals surface area contributed by atoms with Crippen LogP contribution in [0.3, 0.4) is 0 Å². The molecule has 2 heterocycles. The Hall–Kier alpha value is -2.44. The molecule has 0 saturated carbocycles. The van der Waals surface area contributed by atoms with Crippen LogP contribution in [0.5, 0.6) is 0 Å². The zero-order valence-electron chi connectivity index (χ0n) is 17.2. The van der Waals surface area contributed by atoms with Gasteiger partial charge < -0.3 is 5.32 Å². The van der Waals surface area contributed by atoms with Gasteiger partial charge in [-0.05, 0) is 51.9 Å². The first-order valence-corrected chi connectivity index (χ1v) is 10.4. The third kappa shape index (κ3) is 4.34. The van der Waals surface area contributed by atoms with Crippen molar-refractivity contribution in [3.05, 3.63) is 70.0 Å². The van der Waals surface area contributed by atoms with E-state index in [1.165, 1.54) is 5.56 Å². The van der Waals surface area contributed by atoms with Crippen LogP contribution in [-0.2, 0) is 13.1 Å². The van der Waals surface area contributed by atoms with E-state index in [9.17, 15) is 4.79 Å². The molecule has 0 atom stereocenters. The monoisotopic (exact) mass is 396 g/mol.